The number of hydrogen-bond acceptors (Lipinski definition) is 2. The van der Waals surface area contributed by atoms with Crippen molar-refractivity contribution >= 4 is 0 Å². The van der Waals surface area contributed by atoms with Gasteiger partial charge in [0.2, 0.25) is 0 Å². The number of fused-ring (bicyclic) bond motifs is 2. The highest BCUT2D eigenvalue weighted by Gasteiger charge is 2.50. The molecule has 94 valence electrons. The molecular formula is C14H26O2. The minimum atomic E-state index is -0.0832. The molecule has 0 radical (unpaired) electrons. The zero-order valence-electron chi connectivity index (χ0n) is 10.9. The third-order valence-corrected chi connectivity index (χ3v) is 5.29. The van der Waals surface area contributed by atoms with Crippen molar-refractivity contribution in [1.29, 1.82) is 0 Å². The zero-order valence-corrected chi connectivity index (χ0v) is 10.9. The SMILES string of the molecule is COCCCC(O)C1CC2CC1C(C)C2C. The summed E-state index contributed by atoms with van der Waals surface area (Å²) < 4.78 is 5.04. The second-order valence-corrected chi connectivity index (χ2v) is 5.98. The van der Waals surface area contributed by atoms with Crippen molar-refractivity contribution in [2.75, 3.05) is 13.7 Å². The first kappa shape index (κ1) is 12.4. The summed E-state index contributed by atoms with van der Waals surface area (Å²) in [5.74, 6) is 3.96. The van der Waals surface area contributed by atoms with Crippen molar-refractivity contribution in [3.63, 3.8) is 0 Å². The number of aliphatic hydroxyl groups excluding tert-OH is 1. The summed E-state index contributed by atoms with van der Waals surface area (Å²) in [5.41, 5.74) is 0. The van der Waals surface area contributed by atoms with Crippen LogP contribution in [0.1, 0.15) is 39.5 Å². The maximum atomic E-state index is 10.2. The lowest BCUT2D eigenvalue weighted by molar-refractivity contribution is 0.0331. The van der Waals surface area contributed by atoms with Crippen LogP contribution in [0.2, 0.25) is 0 Å². The number of aliphatic hydroxyl groups is 1. The predicted octanol–water partition coefficient (Wildman–Crippen LogP) is 2.70. The Hall–Kier alpha value is -0.0800. The smallest absolute Gasteiger partial charge is 0.0572 e. The monoisotopic (exact) mass is 226 g/mol. The van der Waals surface area contributed by atoms with Gasteiger partial charge in [0.05, 0.1) is 6.10 Å². The first-order valence-electron chi connectivity index (χ1n) is 6.82. The van der Waals surface area contributed by atoms with Gasteiger partial charge in [-0.05, 0) is 55.3 Å². The Morgan fingerprint density at radius 3 is 2.56 bits per heavy atom. The summed E-state index contributed by atoms with van der Waals surface area (Å²) in [5, 5.41) is 10.2. The molecule has 0 aromatic heterocycles. The van der Waals surface area contributed by atoms with Gasteiger partial charge in [-0.25, -0.2) is 0 Å². The topological polar surface area (TPSA) is 29.5 Å². The van der Waals surface area contributed by atoms with Crippen LogP contribution in [0.25, 0.3) is 0 Å². The van der Waals surface area contributed by atoms with Gasteiger partial charge in [-0.2, -0.15) is 0 Å². The van der Waals surface area contributed by atoms with E-state index in [0.29, 0.717) is 5.92 Å². The lowest BCUT2D eigenvalue weighted by atomic mass is 9.73. The summed E-state index contributed by atoms with van der Waals surface area (Å²) in [4.78, 5) is 0. The Bertz CT molecular complexity index is 227. The molecule has 2 aliphatic carbocycles. The van der Waals surface area contributed by atoms with Crippen molar-refractivity contribution in [2.24, 2.45) is 29.6 Å². The van der Waals surface area contributed by atoms with Crippen molar-refractivity contribution in [3.05, 3.63) is 0 Å². The average molecular weight is 226 g/mol. The molecule has 0 aromatic rings. The van der Waals surface area contributed by atoms with Crippen molar-refractivity contribution in [3.8, 4) is 0 Å². The van der Waals surface area contributed by atoms with Gasteiger partial charge in [-0.1, -0.05) is 13.8 Å². The van der Waals surface area contributed by atoms with Crippen molar-refractivity contribution < 1.29 is 9.84 Å². The Labute approximate surface area is 99.4 Å². The van der Waals surface area contributed by atoms with E-state index < -0.39 is 0 Å². The summed E-state index contributed by atoms with van der Waals surface area (Å²) >= 11 is 0. The van der Waals surface area contributed by atoms with Crippen LogP contribution in [0.15, 0.2) is 0 Å². The second-order valence-electron chi connectivity index (χ2n) is 5.98. The van der Waals surface area contributed by atoms with Gasteiger partial charge in [-0.3, -0.25) is 0 Å². The molecule has 2 heteroatoms. The van der Waals surface area contributed by atoms with Crippen LogP contribution in [0.4, 0.5) is 0 Å². The molecule has 0 heterocycles. The minimum absolute atomic E-state index is 0.0832. The Balaban J connectivity index is 1.83. The van der Waals surface area contributed by atoms with E-state index in [0.717, 1.165) is 43.1 Å². The van der Waals surface area contributed by atoms with Gasteiger partial charge in [0.1, 0.15) is 0 Å². The normalized spacial score (nSPS) is 43.9. The zero-order chi connectivity index (χ0) is 11.7. The Morgan fingerprint density at radius 2 is 2.00 bits per heavy atom. The van der Waals surface area contributed by atoms with Crippen LogP contribution in [-0.2, 0) is 4.74 Å². The molecule has 16 heavy (non-hydrogen) atoms. The number of methoxy groups -OCH3 is 1. The summed E-state index contributed by atoms with van der Waals surface area (Å²) in [7, 11) is 1.73. The van der Waals surface area contributed by atoms with Gasteiger partial charge in [0.15, 0.2) is 0 Å². The maximum absolute atomic E-state index is 10.2. The fourth-order valence-corrected chi connectivity index (χ4v) is 4.09. The molecule has 2 fully saturated rings. The molecule has 6 atom stereocenters. The Kier molecular flexibility index (Phi) is 3.91. The van der Waals surface area contributed by atoms with Crippen molar-refractivity contribution in [2.45, 2.75) is 45.6 Å². The molecule has 0 spiro atoms. The van der Waals surface area contributed by atoms with Gasteiger partial charge in [-0.15, -0.1) is 0 Å². The second kappa shape index (κ2) is 5.05. The lowest BCUT2D eigenvalue weighted by Crippen LogP contribution is -2.32. The van der Waals surface area contributed by atoms with Crippen LogP contribution in [0, 0.1) is 29.6 Å². The van der Waals surface area contributed by atoms with Crippen LogP contribution in [0.3, 0.4) is 0 Å². The van der Waals surface area contributed by atoms with E-state index in [1.54, 1.807) is 7.11 Å². The highest BCUT2D eigenvalue weighted by molar-refractivity contribution is 4.99. The lowest BCUT2D eigenvalue weighted by Gasteiger charge is -2.34. The first-order chi connectivity index (χ1) is 7.65. The highest BCUT2D eigenvalue weighted by Crippen LogP contribution is 2.56. The van der Waals surface area contributed by atoms with Crippen LogP contribution < -0.4 is 0 Å². The first-order valence-corrected chi connectivity index (χ1v) is 6.82. The molecule has 2 saturated carbocycles. The molecule has 2 nitrogen and oxygen atoms in total. The number of rotatable bonds is 5. The fourth-order valence-electron chi connectivity index (χ4n) is 4.09. The molecule has 2 aliphatic rings. The van der Waals surface area contributed by atoms with E-state index in [4.69, 9.17) is 4.74 Å². The van der Waals surface area contributed by atoms with Crippen molar-refractivity contribution in [1.82, 2.24) is 0 Å². The van der Waals surface area contributed by atoms with E-state index >= 15 is 0 Å². The molecule has 0 saturated heterocycles. The molecule has 0 amide bonds. The van der Waals surface area contributed by atoms with Crippen LogP contribution in [0.5, 0.6) is 0 Å². The minimum Gasteiger partial charge on any atom is -0.393 e. The van der Waals surface area contributed by atoms with E-state index in [2.05, 4.69) is 13.8 Å². The summed E-state index contributed by atoms with van der Waals surface area (Å²) in [6, 6.07) is 0. The molecule has 2 rings (SSSR count). The van der Waals surface area contributed by atoms with Crippen LogP contribution >= 0.6 is 0 Å². The van der Waals surface area contributed by atoms with Gasteiger partial charge < -0.3 is 9.84 Å². The van der Waals surface area contributed by atoms with E-state index in [1.165, 1.54) is 12.8 Å². The number of hydrogen-bond donors (Lipinski definition) is 1. The third kappa shape index (κ3) is 2.14. The van der Waals surface area contributed by atoms with E-state index in [9.17, 15) is 5.11 Å². The molecular weight excluding hydrogens is 200 g/mol. The maximum Gasteiger partial charge on any atom is 0.0572 e. The summed E-state index contributed by atoms with van der Waals surface area (Å²) in [6.45, 7) is 5.55. The molecule has 2 bridgehead atoms. The Morgan fingerprint density at radius 1 is 1.25 bits per heavy atom. The molecule has 6 unspecified atom stereocenters. The largest absolute Gasteiger partial charge is 0.393 e. The third-order valence-electron chi connectivity index (χ3n) is 5.29. The standard InChI is InChI=1S/C14H26O2/c1-9-10(2)12-7-11(9)8-13(12)14(15)5-4-6-16-3/h9-15H,4-8H2,1-3H3. The average Bonchev–Trinajstić information content (AvgIpc) is 2.80. The van der Waals surface area contributed by atoms with E-state index in [-0.39, 0.29) is 6.10 Å². The predicted molar refractivity (Wildman–Crippen MR) is 65.1 cm³/mol. The molecule has 0 aliphatic heterocycles. The van der Waals surface area contributed by atoms with Gasteiger partial charge >= 0.3 is 0 Å². The van der Waals surface area contributed by atoms with Crippen LogP contribution in [-0.4, -0.2) is 24.9 Å². The fraction of sp³-hybridized carbons (Fsp3) is 1.00. The highest BCUT2D eigenvalue weighted by atomic mass is 16.5. The summed E-state index contributed by atoms with van der Waals surface area (Å²) in [6.07, 6.45) is 4.47. The molecule has 1 N–H and O–H groups in total. The van der Waals surface area contributed by atoms with E-state index in [1.807, 2.05) is 0 Å². The quantitative estimate of drug-likeness (QED) is 0.730. The number of ether oxygens (including phenoxy) is 1. The molecule has 0 aromatic carbocycles. The van der Waals surface area contributed by atoms with Gasteiger partial charge in [0.25, 0.3) is 0 Å². The van der Waals surface area contributed by atoms with Gasteiger partial charge in [0, 0.05) is 13.7 Å².